The summed E-state index contributed by atoms with van der Waals surface area (Å²) in [4.78, 5) is 4.05. The fourth-order valence-electron chi connectivity index (χ4n) is 2.03. The predicted molar refractivity (Wildman–Crippen MR) is 91.2 cm³/mol. The molecule has 0 aliphatic heterocycles. The van der Waals surface area contributed by atoms with Crippen LogP contribution in [0.25, 0.3) is 11.4 Å². The number of benzene rings is 1. The normalized spacial score (nSPS) is 11.0. The number of rotatable bonds is 5. The van der Waals surface area contributed by atoms with Crippen LogP contribution in [0.4, 0.5) is 0 Å². The topological polar surface area (TPSA) is 68.1 Å². The molecule has 0 radical (unpaired) electrons. The Hall–Kier alpha value is -2.80. The van der Waals surface area contributed by atoms with E-state index in [2.05, 4.69) is 20.3 Å². The lowest BCUT2D eigenvalue weighted by atomic mass is 10.2. The van der Waals surface area contributed by atoms with Crippen LogP contribution in [0.1, 0.15) is 12.5 Å². The van der Waals surface area contributed by atoms with Crippen LogP contribution in [0.15, 0.2) is 53.9 Å². The van der Waals surface area contributed by atoms with Crippen LogP contribution >= 0.6 is 12.2 Å². The van der Waals surface area contributed by atoms with E-state index in [1.54, 1.807) is 23.3 Å². The minimum absolute atomic E-state index is 0.425. The number of aromatic amines is 1. The quantitative estimate of drug-likeness (QED) is 0.577. The number of hydrogen-bond acceptors (Lipinski definition) is 5. The van der Waals surface area contributed by atoms with E-state index < -0.39 is 0 Å². The minimum atomic E-state index is 0.425. The molecule has 23 heavy (non-hydrogen) atoms. The Labute approximate surface area is 138 Å². The van der Waals surface area contributed by atoms with E-state index in [0.717, 1.165) is 16.9 Å². The lowest BCUT2D eigenvalue weighted by molar-refractivity contribution is 0.340. The zero-order chi connectivity index (χ0) is 16.1. The number of H-pyrrole nitrogens is 1. The third kappa shape index (κ3) is 3.51. The molecule has 2 aromatic heterocycles. The van der Waals surface area contributed by atoms with E-state index in [-0.39, 0.29) is 0 Å². The van der Waals surface area contributed by atoms with Crippen LogP contribution in [0, 0.1) is 4.77 Å². The van der Waals surface area contributed by atoms with E-state index >= 15 is 0 Å². The van der Waals surface area contributed by atoms with Gasteiger partial charge in [-0.3, -0.25) is 4.98 Å². The molecule has 3 aromatic rings. The second-order valence-electron chi connectivity index (χ2n) is 4.65. The Morgan fingerprint density at radius 2 is 2.13 bits per heavy atom. The highest BCUT2D eigenvalue weighted by atomic mass is 32.1. The van der Waals surface area contributed by atoms with Crippen molar-refractivity contribution < 1.29 is 4.74 Å². The largest absolute Gasteiger partial charge is 0.494 e. The molecular formula is C16H15N5OS. The first kappa shape index (κ1) is 15.1. The summed E-state index contributed by atoms with van der Waals surface area (Å²) >= 11 is 5.25. The summed E-state index contributed by atoms with van der Waals surface area (Å²) < 4.78 is 7.45. The zero-order valence-corrected chi connectivity index (χ0v) is 13.3. The maximum atomic E-state index is 5.45. The van der Waals surface area contributed by atoms with Gasteiger partial charge in [0.25, 0.3) is 0 Å². The Kier molecular flexibility index (Phi) is 4.58. The number of aromatic nitrogens is 4. The van der Waals surface area contributed by atoms with E-state index in [9.17, 15) is 0 Å². The van der Waals surface area contributed by atoms with Crippen molar-refractivity contribution >= 4 is 18.4 Å². The van der Waals surface area contributed by atoms with Crippen molar-refractivity contribution in [2.24, 2.45) is 5.10 Å². The van der Waals surface area contributed by atoms with Gasteiger partial charge in [-0.05, 0) is 49.5 Å². The average Bonchev–Trinajstić information content (AvgIpc) is 2.96. The van der Waals surface area contributed by atoms with Gasteiger partial charge in [-0.25, -0.2) is 5.10 Å². The first-order valence-corrected chi connectivity index (χ1v) is 7.54. The SMILES string of the molecule is CCOc1ccc(-c2n[nH]c(=S)n2/N=C/c2cccnc2)cc1. The van der Waals surface area contributed by atoms with Gasteiger partial charge in [-0.1, -0.05) is 6.07 Å². The maximum Gasteiger partial charge on any atom is 0.216 e. The molecule has 0 spiro atoms. The Morgan fingerprint density at radius 1 is 1.30 bits per heavy atom. The van der Waals surface area contributed by atoms with Crippen LogP contribution in [-0.2, 0) is 0 Å². The van der Waals surface area contributed by atoms with Gasteiger partial charge in [0.15, 0.2) is 5.82 Å². The summed E-state index contributed by atoms with van der Waals surface area (Å²) in [6, 6.07) is 11.4. The molecule has 0 aliphatic rings. The van der Waals surface area contributed by atoms with E-state index in [0.29, 0.717) is 17.2 Å². The van der Waals surface area contributed by atoms with E-state index in [4.69, 9.17) is 17.0 Å². The second kappa shape index (κ2) is 6.97. The molecule has 0 atom stereocenters. The molecule has 0 saturated heterocycles. The molecule has 0 saturated carbocycles. The number of hydrogen-bond donors (Lipinski definition) is 1. The zero-order valence-electron chi connectivity index (χ0n) is 12.5. The van der Waals surface area contributed by atoms with E-state index in [1.165, 1.54) is 0 Å². The van der Waals surface area contributed by atoms with Crippen molar-refractivity contribution in [1.82, 2.24) is 19.9 Å². The summed E-state index contributed by atoms with van der Waals surface area (Å²) in [5.41, 5.74) is 1.78. The molecule has 1 aromatic carbocycles. The smallest absolute Gasteiger partial charge is 0.216 e. The first-order valence-electron chi connectivity index (χ1n) is 7.13. The fraction of sp³-hybridized carbons (Fsp3) is 0.125. The highest BCUT2D eigenvalue weighted by Crippen LogP contribution is 2.21. The third-order valence-corrected chi connectivity index (χ3v) is 3.34. The van der Waals surface area contributed by atoms with Gasteiger partial charge in [0.2, 0.25) is 4.77 Å². The Bertz CT molecular complexity index is 852. The molecule has 0 unspecified atom stereocenters. The monoisotopic (exact) mass is 325 g/mol. The van der Waals surface area contributed by atoms with Crippen LogP contribution in [0.3, 0.4) is 0 Å². The Morgan fingerprint density at radius 3 is 2.83 bits per heavy atom. The first-order chi connectivity index (χ1) is 11.3. The lowest BCUT2D eigenvalue weighted by Gasteiger charge is -2.04. The van der Waals surface area contributed by atoms with Crippen LogP contribution < -0.4 is 4.74 Å². The van der Waals surface area contributed by atoms with Gasteiger partial charge in [0.1, 0.15) is 5.75 Å². The lowest BCUT2D eigenvalue weighted by Crippen LogP contribution is -1.96. The molecule has 0 aliphatic carbocycles. The van der Waals surface area contributed by atoms with Gasteiger partial charge in [-0.2, -0.15) is 14.9 Å². The number of ether oxygens (including phenoxy) is 1. The molecule has 6 nitrogen and oxygen atoms in total. The van der Waals surface area contributed by atoms with Gasteiger partial charge in [-0.15, -0.1) is 0 Å². The Balaban J connectivity index is 1.92. The molecule has 2 heterocycles. The summed E-state index contributed by atoms with van der Waals surface area (Å²) in [5, 5.41) is 11.4. The van der Waals surface area contributed by atoms with Gasteiger partial charge in [0.05, 0.1) is 12.8 Å². The van der Waals surface area contributed by atoms with Gasteiger partial charge >= 0.3 is 0 Å². The molecule has 1 N–H and O–H groups in total. The average molecular weight is 325 g/mol. The summed E-state index contributed by atoms with van der Waals surface area (Å²) in [6.07, 6.45) is 5.13. The van der Waals surface area contributed by atoms with Crippen molar-refractivity contribution in [3.8, 4) is 17.1 Å². The third-order valence-electron chi connectivity index (χ3n) is 3.08. The van der Waals surface area contributed by atoms with Gasteiger partial charge in [0, 0.05) is 23.5 Å². The van der Waals surface area contributed by atoms with Crippen molar-refractivity contribution in [2.45, 2.75) is 6.92 Å². The van der Waals surface area contributed by atoms with Crippen LogP contribution in [-0.4, -0.2) is 32.7 Å². The van der Waals surface area contributed by atoms with Crippen molar-refractivity contribution in [3.05, 3.63) is 59.1 Å². The minimum Gasteiger partial charge on any atom is -0.494 e. The molecule has 0 amide bonds. The number of nitrogens with zero attached hydrogens (tertiary/aromatic N) is 4. The molecule has 3 rings (SSSR count). The summed E-state index contributed by atoms with van der Waals surface area (Å²) in [7, 11) is 0. The molecule has 0 bridgehead atoms. The molecule has 7 heteroatoms. The van der Waals surface area contributed by atoms with Crippen LogP contribution in [0.2, 0.25) is 0 Å². The fourth-order valence-corrected chi connectivity index (χ4v) is 2.21. The predicted octanol–water partition coefficient (Wildman–Crippen LogP) is 3.28. The van der Waals surface area contributed by atoms with Crippen molar-refractivity contribution in [1.29, 1.82) is 0 Å². The molecule has 116 valence electrons. The highest BCUT2D eigenvalue weighted by Gasteiger charge is 2.08. The summed E-state index contributed by atoms with van der Waals surface area (Å²) in [5.74, 6) is 1.45. The van der Waals surface area contributed by atoms with E-state index in [1.807, 2.05) is 43.3 Å². The number of nitrogens with one attached hydrogen (secondary N) is 1. The van der Waals surface area contributed by atoms with Crippen molar-refractivity contribution in [2.75, 3.05) is 6.61 Å². The molecular weight excluding hydrogens is 310 g/mol. The maximum absolute atomic E-state index is 5.45. The van der Waals surface area contributed by atoms with Crippen molar-refractivity contribution in [3.63, 3.8) is 0 Å². The highest BCUT2D eigenvalue weighted by molar-refractivity contribution is 7.71. The van der Waals surface area contributed by atoms with Gasteiger partial charge < -0.3 is 4.74 Å². The second-order valence-corrected chi connectivity index (χ2v) is 5.04. The molecule has 0 fully saturated rings. The summed E-state index contributed by atoms with van der Waals surface area (Å²) in [6.45, 7) is 2.58. The number of pyridine rings is 1. The van der Waals surface area contributed by atoms with Crippen LogP contribution in [0.5, 0.6) is 5.75 Å². The standard InChI is InChI=1S/C16H15N5OS/c1-2-22-14-7-5-13(6-8-14)15-19-20-16(23)21(15)18-11-12-4-3-9-17-10-12/h3-11H,2H2,1H3,(H,20,23)/b18-11+.